The third-order valence-corrected chi connectivity index (χ3v) is 4.89. The molecular formula is C20H26ClN3O5. The Labute approximate surface area is 175 Å². The van der Waals surface area contributed by atoms with Gasteiger partial charge in [0, 0.05) is 51.1 Å². The molecule has 0 bridgehead atoms. The maximum atomic E-state index is 12.1. The first-order chi connectivity index (χ1) is 13.8. The van der Waals surface area contributed by atoms with Crippen LogP contribution < -0.4 is 5.32 Å². The largest absolute Gasteiger partial charge is 0.456 e. The van der Waals surface area contributed by atoms with Crippen molar-refractivity contribution in [2.45, 2.75) is 26.2 Å². The molecule has 0 saturated carbocycles. The molecule has 3 amide bonds. The van der Waals surface area contributed by atoms with Gasteiger partial charge in [0.25, 0.3) is 5.91 Å². The number of halogens is 1. The van der Waals surface area contributed by atoms with Gasteiger partial charge in [0.05, 0.1) is 6.42 Å². The molecule has 1 N–H and O–H groups in total. The second-order valence-corrected chi connectivity index (χ2v) is 7.21. The van der Waals surface area contributed by atoms with Gasteiger partial charge < -0.3 is 19.9 Å². The molecule has 0 radical (unpaired) electrons. The molecule has 8 nitrogen and oxygen atoms in total. The van der Waals surface area contributed by atoms with Gasteiger partial charge in [-0.2, -0.15) is 0 Å². The number of hydrogen-bond acceptors (Lipinski definition) is 5. The van der Waals surface area contributed by atoms with Crippen LogP contribution in [0.5, 0.6) is 0 Å². The number of nitrogens with zero attached hydrogens (tertiary/aromatic N) is 2. The Morgan fingerprint density at radius 1 is 1.00 bits per heavy atom. The fourth-order valence-corrected chi connectivity index (χ4v) is 3.03. The van der Waals surface area contributed by atoms with Gasteiger partial charge in [-0.05, 0) is 24.1 Å². The molecule has 1 fully saturated rings. The van der Waals surface area contributed by atoms with Crippen LogP contribution in [0.2, 0.25) is 5.02 Å². The number of carbonyl (C=O) groups excluding carboxylic acids is 4. The quantitative estimate of drug-likeness (QED) is 0.629. The topological polar surface area (TPSA) is 96.0 Å². The normalized spacial score (nSPS) is 13.7. The van der Waals surface area contributed by atoms with E-state index in [1.165, 1.54) is 6.92 Å². The molecular weight excluding hydrogens is 398 g/mol. The van der Waals surface area contributed by atoms with Gasteiger partial charge >= 0.3 is 5.97 Å². The minimum Gasteiger partial charge on any atom is -0.456 e. The van der Waals surface area contributed by atoms with Crippen LogP contribution in [0.25, 0.3) is 0 Å². The Morgan fingerprint density at radius 2 is 1.62 bits per heavy atom. The molecule has 0 atom stereocenters. The zero-order chi connectivity index (χ0) is 21.2. The van der Waals surface area contributed by atoms with Crippen LogP contribution in [0.1, 0.15) is 25.3 Å². The first-order valence-corrected chi connectivity index (χ1v) is 9.93. The molecule has 0 unspecified atom stereocenters. The molecule has 0 aliphatic carbocycles. The average Bonchev–Trinajstić information content (AvgIpc) is 2.72. The van der Waals surface area contributed by atoms with Gasteiger partial charge in [0.15, 0.2) is 6.61 Å². The average molecular weight is 424 g/mol. The van der Waals surface area contributed by atoms with E-state index in [9.17, 15) is 19.2 Å². The van der Waals surface area contributed by atoms with Crippen molar-refractivity contribution in [1.29, 1.82) is 0 Å². The third-order valence-electron chi connectivity index (χ3n) is 4.63. The van der Waals surface area contributed by atoms with E-state index in [0.29, 0.717) is 44.2 Å². The molecule has 9 heteroatoms. The first-order valence-electron chi connectivity index (χ1n) is 9.55. The predicted octanol–water partition coefficient (Wildman–Crippen LogP) is 1.01. The number of ether oxygens (including phenoxy) is 1. The lowest BCUT2D eigenvalue weighted by molar-refractivity contribution is -0.150. The smallest absolute Gasteiger partial charge is 0.306 e. The van der Waals surface area contributed by atoms with E-state index in [4.69, 9.17) is 16.3 Å². The van der Waals surface area contributed by atoms with Crippen molar-refractivity contribution in [3.8, 4) is 0 Å². The standard InChI is InChI=1S/C20H26ClN3O5/c1-15(25)23-10-12-24(13-11-23)19(27)6-7-20(28)29-14-18(26)22-9-8-16-2-4-17(21)5-3-16/h2-5H,6-14H2,1H3,(H,22,26). The van der Waals surface area contributed by atoms with Crippen molar-refractivity contribution in [2.24, 2.45) is 0 Å². The molecule has 0 aromatic heterocycles. The van der Waals surface area contributed by atoms with Crippen molar-refractivity contribution in [2.75, 3.05) is 39.3 Å². The summed E-state index contributed by atoms with van der Waals surface area (Å²) in [7, 11) is 0. The minimum absolute atomic E-state index is 0.00730. The zero-order valence-corrected chi connectivity index (χ0v) is 17.2. The molecule has 0 spiro atoms. The van der Waals surface area contributed by atoms with E-state index in [1.54, 1.807) is 21.9 Å². The van der Waals surface area contributed by atoms with E-state index >= 15 is 0 Å². The van der Waals surface area contributed by atoms with Gasteiger partial charge in [-0.1, -0.05) is 23.7 Å². The lowest BCUT2D eigenvalue weighted by Crippen LogP contribution is -2.50. The van der Waals surface area contributed by atoms with Gasteiger partial charge in [-0.3, -0.25) is 19.2 Å². The highest BCUT2D eigenvalue weighted by molar-refractivity contribution is 6.30. The monoisotopic (exact) mass is 423 g/mol. The molecule has 1 aromatic rings. The van der Waals surface area contributed by atoms with E-state index in [-0.39, 0.29) is 37.2 Å². The Bertz CT molecular complexity index is 730. The summed E-state index contributed by atoms with van der Waals surface area (Å²) in [5.74, 6) is -1.14. The van der Waals surface area contributed by atoms with Crippen LogP contribution in [-0.2, 0) is 30.3 Å². The van der Waals surface area contributed by atoms with Crippen molar-refractivity contribution in [3.63, 3.8) is 0 Å². The maximum Gasteiger partial charge on any atom is 0.306 e. The van der Waals surface area contributed by atoms with Crippen LogP contribution in [0, 0.1) is 0 Å². The Kier molecular flexibility index (Phi) is 8.92. The summed E-state index contributed by atoms with van der Waals surface area (Å²) in [4.78, 5) is 50.3. The maximum absolute atomic E-state index is 12.1. The number of benzene rings is 1. The van der Waals surface area contributed by atoms with E-state index in [1.807, 2.05) is 12.1 Å². The van der Waals surface area contributed by atoms with Crippen LogP contribution in [0.4, 0.5) is 0 Å². The highest BCUT2D eigenvalue weighted by atomic mass is 35.5. The van der Waals surface area contributed by atoms with Gasteiger partial charge in [-0.25, -0.2) is 0 Å². The summed E-state index contributed by atoms with van der Waals surface area (Å²) < 4.78 is 4.92. The lowest BCUT2D eigenvalue weighted by Gasteiger charge is -2.34. The molecule has 1 aliphatic rings. The van der Waals surface area contributed by atoms with Crippen molar-refractivity contribution in [3.05, 3.63) is 34.9 Å². The van der Waals surface area contributed by atoms with Crippen LogP contribution in [0.3, 0.4) is 0 Å². The molecule has 1 aliphatic heterocycles. The molecule has 158 valence electrons. The first kappa shape index (κ1) is 22.7. The third kappa shape index (κ3) is 8.11. The highest BCUT2D eigenvalue weighted by Crippen LogP contribution is 2.09. The lowest BCUT2D eigenvalue weighted by atomic mass is 10.1. The highest BCUT2D eigenvalue weighted by Gasteiger charge is 2.22. The summed E-state index contributed by atoms with van der Waals surface area (Å²) in [6, 6.07) is 7.33. The van der Waals surface area contributed by atoms with Crippen molar-refractivity contribution < 1.29 is 23.9 Å². The summed E-state index contributed by atoms with van der Waals surface area (Å²) >= 11 is 5.82. The second-order valence-electron chi connectivity index (χ2n) is 6.77. The Morgan fingerprint density at radius 3 is 2.24 bits per heavy atom. The molecule has 1 aromatic carbocycles. The fourth-order valence-electron chi connectivity index (χ4n) is 2.90. The number of hydrogen-bond donors (Lipinski definition) is 1. The Hall–Kier alpha value is -2.61. The van der Waals surface area contributed by atoms with Crippen molar-refractivity contribution >= 4 is 35.3 Å². The van der Waals surface area contributed by atoms with Gasteiger partial charge in [-0.15, -0.1) is 0 Å². The van der Waals surface area contributed by atoms with E-state index in [0.717, 1.165) is 5.56 Å². The van der Waals surface area contributed by atoms with Crippen LogP contribution >= 0.6 is 11.6 Å². The summed E-state index contributed by atoms with van der Waals surface area (Å²) in [6.45, 7) is 3.48. The van der Waals surface area contributed by atoms with E-state index in [2.05, 4.69) is 5.32 Å². The molecule has 2 rings (SSSR count). The number of esters is 1. The van der Waals surface area contributed by atoms with Gasteiger partial charge in [0.2, 0.25) is 11.8 Å². The van der Waals surface area contributed by atoms with Gasteiger partial charge in [0.1, 0.15) is 0 Å². The molecule has 1 saturated heterocycles. The van der Waals surface area contributed by atoms with Crippen molar-refractivity contribution in [1.82, 2.24) is 15.1 Å². The second kappa shape index (κ2) is 11.4. The minimum atomic E-state index is -0.589. The summed E-state index contributed by atoms with van der Waals surface area (Å²) in [6.07, 6.45) is 0.586. The number of carbonyl (C=O) groups is 4. The number of rotatable bonds is 8. The molecule has 1 heterocycles. The summed E-state index contributed by atoms with van der Waals surface area (Å²) in [5.41, 5.74) is 1.04. The van der Waals surface area contributed by atoms with Crippen LogP contribution in [0.15, 0.2) is 24.3 Å². The fraction of sp³-hybridized carbons (Fsp3) is 0.500. The predicted molar refractivity (Wildman–Crippen MR) is 107 cm³/mol. The number of nitrogens with one attached hydrogen (secondary N) is 1. The SMILES string of the molecule is CC(=O)N1CCN(C(=O)CCC(=O)OCC(=O)NCCc2ccc(Cl)cc2)CC1. The van der Waals surface area contributed by atoms with Crippen LogP contribution in [-0.4, -0.2) is 72.8 Å². The Balaban J connectivity index is 1.56. The number of amides is 3. The molecule has 29 heavy (non-hydrogen) atoms. The zero-order valence-electron chi connectivity index (χ0n) is 16.5. The van der Waals surface area contributed by atoms with E-state index < -0.39 is 5.97 Å². The number of piperazine rings is 1. The summed E-state index contributed by atoms with van der Waals surface area (Å²) in [5, 5.41) is 3.33.